The van der Waals surface area contributed by atoms with E-state index in [0.717, 1.165) is 24.8 Å². The number of carbonyl (C=O) groups is 2. The first-order valence-electron chi connectivity index (χ1n) is 8.41. The number of nitrogens with one attached hydrogen (secondary N) is 2. The van der Waals surface area contributed by atoms with Gasteiger partial charge in [-0.25, -0.2) is 0 Å². The lowest BCUT2D eigenvalue weighted by Crippen LogP contribution is -2.23. The van der Waals surface area contributed by atoms with Crippen molar-refractivity contribution in [2.75, 3.05) is 5.32 Å². The molecule has 2 aromatic carbocycles. The lowest BCUT2D eigenvalue weighted by Gasteiger charge is -2.08. The normalized spacial score (nSPS) is 10.2. The quantitative estimate of drug-likeness (QED) is 0.717. The van der Waals surface area contributed by atoms with Crippen LogP contribution in [0, 0.1) is 0 Å². The van der Waals surface area contributed by atoms with Crippen molar-refractivity contribution in [1.29, 1.82) is 0 Å². The Bertz CT molecular complexity index is 668. The molecule has 0 aliphatic rings. The van der Waals surface area contributed by atoms with Gasteiger partial charge in [0.1, 0.15) is 0 Å². The van der Waals surface area contributed by atoms with Crippen LogP contribution >= 0.6 is 0 Å². The summed E-state index contributed by atoms with van der Waals surface area (Å²) in [6.45, 7) is 2.59. The molecule has 2 rings (SSSR count). The second kappa shape index (κ2) is 9.50. The van der Waals surface area contributed by atoms with Crippen LogP contribution in [0.4, 0.5) is 5.69 Å². The van der Waals surface area contributed by atoms with Gasteiger partial charge in [-0.05, 0) is 30.2 Å². The van der Waals surface area contributed by atoms with E-state index in [1.807, 2.05) is 30.3 Å². The highest BCUT2D eigenvalue weighted by molar-refractivity contribution is 5.97. The molecule has 0 aromatic heterocycles. The SMILES string of the molecule is CCCCCC(=O)Nc1cccc(C(=O)NCc2ccccc2)c1. The highest BCUT2D eigenvalue weighted by Crippen LogP contribution is 2.12. The molecule has 0 atom stereocenters. The summed E-state index contributed by atoms with van der Waals surface area (Å²) in [7, 11) is 0. The minimum Gasteiger partial charge on any atom is -0.348 e. The third-order valence-electron chi connectivity index (χ3n) is 3.71. The first-order valence-corrected chi connectivity index (χ1v) is 8.41. The molecule has 0 aliphatic carbocycles. The first-order chi connectivity index (χ1) is 11.7. The molecule has 0 unspecified atom stereocenters. The van der Waals surface area contributed by atoms with Gasteiger partial charge in [0, 0.05) is 24.2 Å². The molecule has 0 fully saturated rings. The van der Waals surface area contributed by atoms with Gasteiger partial charge in [-0.15, -0.1) is 0 Å². The van der Waals surface area contributed by atoms with E-state index in [-0.39, 0.29) is 11.8 Å². The standard InChI is InChI=1S/C20H24N2O2/c1-2-3-5-13-19(23)22-18-12-8-11-17(14-18)20(24)21-15-16-9-6-4-7-10-16/h4,6-12,14H,2-3,5,13,15H2,1H3,(H,21,24)(H,22,23). The number of unbranched alkanes of at least 4 members (excludes halogenated alkanes) is 2. The summed E-state index contributed by atoms with van der Waals surface area (Å²) in [5.74, 6) is -0.161. The summed E-state index contributed by atoms with van der Waals surface area (Å²) in [5.41, 5.74) is 2.24. The molecule has 2 N–H and O–H groups in total. The van der Waals surface area contributed by atoms with Crippen LogP contribution in [-0.2, 0) is 11.3 Å². The van der Waals surface area contributed by atoms with E-state index < -0.39 is 0 Å². The summed E-state index contributed by atoms with van der Waals surface area (Å²) in [6, 6.07) is 16.8. The average Bonchev–Trinajstić information content (AvgIpc) is 2.61. The lowest BCUT2D eigenvalue weighted by molar-refractivity contribution is -0.116. The van der Waals surface area contributed by atoms with Crippen LogP contribution < -0.4 is 10.6 Å². The van der Waals surface area contributed by atoms with E-state index in [1.54, 1.807) is 24.3 Å². The topological polar surface area (TPSA) is 58.2 Å². The molecule has 0 spiro atoms. The van der Waals surface area contributed by atoms with E-state index in [0.29, 0.717) is 24.2 Å². The Hall–Kier alpha value is -2.62. The number of hydrogen-bond donors (Lipinski definition) is 2. The van der Waals surface area contributed by atoms with Crippen molar-refractivity contribution in [2.24, 2.45) is 0 Å². The fraction of sp³-hybridized carbons (Fsp3) is 0.300. The maximum atomic E-state index is 12.2. The number of anilines is 1. The van der Waals surface area contributed by atoms with Crippen molar-refractivity contribution in [3.05, 3.63) is 65.7 Å². The third-order valence-corrected chi connectivity index (χ3v) is 3.71. The molecule has 0 heterocycles. The van der Waals surface area contributed by atoms with Crippen LogP contribution in [0.25, 0.3) is 0 Å². The molecule has 0 saturated carbocycles. The predicted octanol–water partition coefficient (Wildman–Crippen LogP) is 4.14. The molecule has 126 valence electrons. The van der Waals surface area contributed by atoms with Crippen LogP contribution in [-0.4, -0.2) is 11.8 Å². The summed E-state index contributed by atoms with van der Waals surface area (Å²) in [4.78, 5) is 24.1. The van der Waals surface area contributed by atoms with Gasteiger partial charge in [0.2, 0.25) is 5.91 Å². The van der Waals surface area contributed by atoms with E-state index in [9.17, 15) is 9.59 Å². The maximum Gasteiger partial charge on any atom is 0.251 e. The minimum absolute atomic E-state index is 0.00899. The predicted molar refractivity (Wildman–Crippen MR) is 96.8 cm³/mol. The average molecular weight is 324 g/mol. The number of rotatable bonds is 8. The Labute approximate surface area is 143 Å². The monoisotopic (exact) mass is 324 g/mol. The van der Waals surface area contributed by atoms with Crippen molar-refractivity contribution in [1.82, 2.24) is 5.32 Å². The summed E-state index contributed by atoms with van der Waals surface area (Å²) in [6.07, 6.45) is 3.54. The minimum atomic E-state index is -0.152. The molecular weight excluding hydrogens is 300 g/mol. The number of benzene rings is 2. The van der Waals surface area contributed by atoms with E-state index in [2.05, 4.69) is 17.6 Å². The smallest absolute Gasteiger partial charge is 0.251 e. The summed E-state index contributed by atoms with van der Waals surface area (Å²) >= 11 is 0. The number of amides is 2. The lowest BCUT2D eigenvalue weighted by atomic mass is 10.1. The van der Waals surface area contributed by atoms with Crippen LogP contribution in [0.5, 0.6) is 0 Å². The van der Waals surface area contributed by atoms with Crippen molar-refractivity contribution >= 4 is 17.5 Å². The van der Waals surface area contributed by atoms with Gasteiger partial charge in [0.15, 0.2) is 0 Å². The van der Waals surface area contributed by atoms with E-state index >= 15 is 0 Å². The molecule has 4 nitrogen and oxygen atoms in total. The number of hydrogen-bond acceptors (Lipinski definition) is 2. The fourth-order valence-electron chi connectivity index (χ4n) is 2.38. The molecule has 24 heavy (non-hydrogen) atoms. The molecular formula is C20H24N2O2. The highest BCUT2D eigenvalue weighted by atomic mass is 16.2. The first kappa shape index (κ1) is 17.7. The Kier molecular flexibility index (Phi) is 7.02. The highest BCUT2D eigenvalue weighted by Gasteiger charge is 2.08. The molecule has 2 aromatic rings. The van der Waals surface area contributed by atoms with Gasteiger partial charge in [-0.3, -0.25) is 9.59 Å². The van der Waals surface area contributed by atoms with Crippen LogP contribution in [0.3, 0.4) is 0 Å². The van der Waals surface area contributed by atoms with Gasteiger partial charge < -0.3 is 10.6 Å². The Morgan fingerprint density at radius 2 is 1.75 bits per heavy atom. The van der Waals surface area contributed by atoms with Crippen molar-refractivity contribution in [2.45, 2.75) is 39.2 Å². The van der Waals surface area contributed by atoms with Crippen molar-refractivity contribution < 1.29 is 9.59 Å². The molecule has 0 saturated heterocycles. The zero-order valence-electron chi connectivity index (χ0n) is 14.0. The van der Waals surface area contributed by atoms with Gasteiger partial charge in [-0.1, -0.05) is 56.2 Å². The van der Waals surface area contributed by atoms with Crippen LogP contribution in [0.2, 0.25) is 0 Å². The molecule has 2 amide bonds. The Morgan fingerprint density at radius 3 is 2.50 bits per heavy atom. The van der Waals surface area contributed by atoms with Gasteiger partial charge in [-0.2, -0.15) is 0 Å². The van der Waals surface area contributed by atoms with E-state index in [1.165, 1.54) is 0 Å². The Balaban J connectivity index is 1.89. The maximum absolute atomic E-state index is 12.2. The molecule has 4 heteroatoms. The Morgan fingerprint density at radius 1 is 0.958 bits per heavy atom. The number of carbonyl (C=O) groups excluding carboxylic acids is 2. The van der Waals surface area contributed by atoms with Gasteiger partial charge >= 0.3 is 0 Å². The van der Waals surface area contributed by atoms with Crippen molar-refractivity contribution in [3.8, 4) is 0 Å². The van der Waals surface area contributed by atoms with Gasteiger partial charge in [0.05, 0.1) is 0 Å². The molecule has 0 radical (unpaired) electrons. The second-order valence-corrected chi connectivity index (χ2v) is 5.75. The second-order valence-electron chi connectivity index (χ2n) is 5.75. The zero-order chi connectivity index (χ0) is 17.2. The van der Waals surface area contributed by atoms with Crippen molar-refractivity contribution in [3.63, 3.8) is 0 Å². The van der Waals surface area contributed by atoms with Gasteiger partial charge in [0.25, 0.3) is 5.91 Å². The molecule has 0 bridgehead atoms. The largest absolute Gasteiger partial charge is 0.348 e. The van der Waals surface area contributed by atoms with Crippen LogP contribution in [0.15, 0.2) is 54.6 Å². The third kappa shape index (κ3) is 5.88. The zero-order valence-corrected chi connectivity index (χ0v) is 14.0. The fourth-order valence-corrected chi connectivity index (χ4v) is 2.38. The summed E-state index contributed by atoms with van der Waals surface area (Å²) in [5, 5.41) is 5.74. The van der Waals surface area contributed by atoms with Crippen LogP contribution in [0.1, 0.15) is 48.5 Å². The van der Waals surface area contributed by atoms with E-state index in [4.69, 9.17) is 0 Å². The molecule has 0 aliphatic heterocycles. The summed E-state index contributed by atoms with van der Waals surface area (Å²) < 4.78 is 0.